The number of aromatic nitrogens is 3. The van der Waals surface area contributed by atoms with Crippen LogP contribution in [0.2, 0.25) is 0 Å². The number of halogens is 1. The van der Waals surface area contributed by atoms with Crippen LogP contribution in [-0.2, 0) is 4.74 Å². The number of rotatable bonds is 7. The molecule has 2 aliphatic carbocycles. The Balaban J connectivity index is 1.30. The molecule has 2 aromatic heterocycles. The first kappa shape index (κ1) is 26.9. The monoisotopic (exact) mass is 537 g/mol. The average molecular weight is 538 g/mol. The van der Waals surface area contributed by atoms with Crippen molar-refractivity contribution in [3.05, 3.63) is 41.6 Å². The van der Waals surface area contributed by atoms with Crippen LogP contribution in [0.5, 0.6) is 5.75 Å². The van der Waals surface area contributed by atoms with E-state index in [1.54, 1.807) is 6.07 Å². The maximum atomic E-state index is 14.3. The van der Waals surface area contributed by atoms with Gasteiger partial charge < -0.3 is 25.1 Å². The SMILES string of the molecule is Cc1[nH]c2c(-c3cc(F)ccc3OCC3CC3)ncnc2c1C(=O)NC1CCC(NC(=O)OC(C)(C)C)CC1. The molecule has 9 nitrogen and oxygen atoms in total. The van der Waals surface area contributed by atoms with Crippen LogP contribution in [0.1, 0.15) is 75.3 Å². The smallest absolute Gasteiger partial charge is 0.407 e. The summed E-state index contributed by atoms with van der Waals surface area (Å²) in [6.07, 6.45) is 6.22. The van der Waals surface area contributed by atoms with E-state index in [-0.39, 0.29) is 18.0 Å². The molecule has 0 aliphatic heterocycles. The van der Waals surface area contributed by atoms with Crippen molar-refractivity contribution in [3.63, 3.8) is 0 Å². The third kappa shape index (κ3) is 6.49. The fraction of sp³-hybridized carbons (Fsp3) is 0.517. The number of aromatic amines is 1. The molecule has 1 aromatic carbocycles. The van der Waals surface area contributed by atoms with Crippen LogP contribution < -0.4 is 15.4 Å². The van der Waals surface area contributed by atoms with Gasteiger partial charge in [-0.3, -0.25) is 4.79 Å². The zero-order valence-electron chi connectivity index (χ0n) is 22.9. The van der Waals surface area contributed by atoms with E-state index in [1.165, 1.54) is 18.5 Å². The minimum atomic E-state index is -0.546. The normalized spacial score (nSPS) is 19.5. The van der Waals surface area contributed by atoms with Crippen molar-refractivity contribution in [3.8, 4) is 17.0 Å². The number of carbonyl (C=O) groups is 2. The number of nitrogens with zero attached hydrogens (tertiary/aromatic N) is 2. The zero-order chi connectivity index (χ0) is 27.7. The largest absolute Gasteiger partial charge is 0.493 e. The summed E-state index contributed by atoms with van der Waals surface area (Å²) in [6, 6.07) is 4.40. The predicted octanol–water partition coefficient (Wildman–Crippen LogP) is 5.43. The molecule has 10 heteroatoms. The molecule has 0 unspecified atom stereocenters. The molecule has 2 aliphatic rings. The molecule has 2 heterocycles. The number of benzene rings is 1. The van der Waals surface area contributed by atoms with Gasteiger partial charge in [-0.15, -0.1) is 0 Å². The van der Waals surface area contributed by atoms with Crippen molar-refractivity contribution >= 4 is 23.0 Å². The highest BCUT2D eigenvalue weighted by atomic mass is 19.1. The van der Waals surface area contributed by atoms with Crippen LogP contribution in [0.3, 0.4) is 0 Å². The Hall–Kier alpha value is -3.69. The number of alkyl carbamates (subject to hydrolysis) is 1. The molecule has 5 rings (SSSR count). The standard InChI is InChI=1S/C29H36FN5O4/c1-16-23(27(36)34-19-8-10-20(11-9-19)35-28(37)39-29(2,3)4)25-26(33-16)24(31-15-32-25)21-13-18(30)7-12-22(21)38-14-17-5-6-17/h7,12-13,15,17,19-20,33H,5-6,8-11,14H2,1-4H3,(H,34,36)(H,35,37). The van der Waals surface area contributed by atoms with Gasteiger partial charge in [0.25, 0.3) is 5.91 Å². The van der Waals surface area contributed by atoms with Gasteiger partial charge >= 0.3 is 6.09 Å². The van der Waals surface area contributed by atoms with Gasteiger partial charge in [-0.25, -0.2) is 19.2 Å². The average Bonchev–Trinajstić information content (AvgIpc) is 3.62. The number of nitrogens with one attached hydrogen (secondary N) is 3. The van der Waals surface area contributed by atoms with E-state index in [4.69, 9.17) is 9.47 Å². The zero-order valence-corrected chi connectivity index (χ0v) is 22.9. The molecule has 2 fully saturated rings. The number of H-pyrrole nitrogens is 1. The van der Waals surface area contributed by atoms with Crippen molar-refractivity contribution in [1.29, 1.82) is 0 Å². The van der Waals surface area contributed by atoms with Crippen LogP contribution in [0.25, 0.3) is 22.3 Å². The minimum absolute atomic E-state index is 0.0146. The predicted molar refractivity (Wildman–Crippen MR) is 145 cm³/mol. The lowest BCUT2D eigenvalue weighted by Gasteiger charge is -2.30. The minimum Gasteiger partial charge on any atom is -0.493 e. The fourth-order valence-corrected chi connectivity index (χ4v) is 5.02. The van der Waals surface area contributed by atoms with Crippen LogP contribution in [0.4, 0.5) is 9.18 Å². The summed E-state index contributed by atoms with van der Waals surface area (Å²) >= 11 is 0. The van der Waals surface area contributed by atoms with Gasteiger partial charge in [0.15, 0.2) is 0 Å². The summed E-state index contributed by atoms with van der Waals surface area (Å²) < 4.78 is 25.6. The molecule has 0 spiro atoms. The number of hydrogen-bond acceptors (Lipinski definition) is 6. The molecular weight excluding hydrogens is 501 g/mol. The molecule has 0 bridgehead atoms. The third-order valence-corrected chi connectivity index (χ3v) is 7.15. The highest BCUT2D eigenvalue weighted by Crippen LogP contribution is 2.37. The van der Waals surface area contributed by atoms with Crippen molar-refractivity contribution in [2.75, 3.05) is 6.61 Å². The summed E-state index contributed by atoms with van der Waals surface area (Å²) in [5.74, 6) is 0.475. The van der Waals surface area contributed by atoms with Crippen molar-refractivity contribution in [2.24, 2.45) is 5.92 Å². The van der Waals surface area contributed by atoms with E-state index in [1.807, 2.05) is 27.7 Å². The quantitative estimate of drug-likeness (QED) is 0.370. The highest BCUT2D eigenvalue weighted by Gasteiger charge is 2.28. The summed E-state index contributed by atoms with van der Waals surface area (Å²) in [7, 11) is 0. The van der Waals surface area contributed by atoms with E-state index in [9.17, 15) is 14.0 Å². The van der Waals surface area contributed by atoms with E-state index in [0.717, 1.165) is 38.5 Å². The molecular formula is C29H36FN5O4. The van der Waals surface area contributed by atoms with Gasteiger partial charge in [0, 0.05) is 23.3 Å². The van der Waals surface area contributed by atoms with Crippen molar-refractivity contribution in [2.45, 2.75) is 83.9 Å². The van der Waals surface area contributed by atoms with Crippen LogP contribution in [0, 0.1) is 18.7 Å². The first-order valence-electron chi connectivity index (χ1n) is 13.6. The van der Waals surface area contributed by atoms with Crippen LogP contribution >= 0.6 is 0 Å². The van der Waals surface area contributed by atoms with Gasteiger partial charge in [0.1, 0.15) is 34.7 Å². The number of aryl methyl sites for hydroxylation is 1. The Morgan fingerprint density at radius 3 is 2.41 bits per heavy atom. The van der Waals surface area contributed by atoms with Crippen LogP contribution in [-0.4, -0.2) is 51.2 Å². The highest BCUT2D eigenvalue weighted by molar-refractivity contribution is 6.09. The molecule has 39 heavy (non-hydrogen) atoms. The lowest BCUT2D eigenvalue weighted by atomic mass is 9.91. The third-order valence-electron chi connectivity index (χ3n) is 7.15. The molecule has 0 saturated heterocycles. The summed E-state index contributed by atoms with van der Waals surface area (Å²) in [5, 5.41) is 6.06. The lowest BCUT2D eigenvalue weighted by molar-refractivity contribution is 0.0488. The summed E-state index contributed by atoms with van der Waals surface area (Å²) in [4.78, 5) is 37.6. The van der Waals surface area contributed by atoms with Gasteiger partial charge in [0.05, 0.1) is 17.7 Å². The van der Waals surface area contributed by atoms with Gasteiger partial charge in [-0.2, -0.15) is 0 Å². The summed E-state index contributed by atoms with van der Waals surface area (Å²) in [5.41, 5.74) is 2.60. The van der Waals surface area contributed by atoms with Gasteiger partial charge in [-0.05, 0) is 90.3 Å². The van der Waals surface area contributed by atoms with Gasteiger partial charge in [-0.1, -0.05) is 0 Å². The number of hydrogen-bond donors (Lipinski definition) is 3. The topological polar surface area (TPSA) is 118 Å². The molecule has 0 radical (unpaired) electrons. The van der Waals surface area contributed by atoms with E-state index in [0.29, 0.717) is 51.8 Å². The van der Waals surface area contributed by atoms with Crippen LogP contribution in [0.15, 0.2) is 24.5 Å². The Morgan fingerprint density at radius 1 is 1.05 bits per heavy atom. The van der Waals surface area contributed by atoms with E-state index in [2.05, 4.69) is 25.6 Å². The molecule has 3 N–H and O–H groups in total. The maximum Gasteiger partial charge on any atom is 0.407 e. The maximum absolute atomic E-state index is 14.3. The Kier molecular flexibility index (Phi) is 7.46. The lowest BCUT2D eigenvalue weighted by Crippen LogP contribution is -2.45. The fourth-order valence-electron chi connectivity index (χ4n) is 5.02. The first-order valence-corrected chi connectivity index (χ1v) is 13.6. The van der Waals surface area contributed by atoms with Gasteiger partial charge in [0.2, 0.25) is 0 Å². The first-order chi connectivity index (χ1) is 18.6. The number of carbonyl (C=O) groups excluding carboxylic acids is 2. The Bertz CT molecular complexity index is 1370. The molecule has 2 amide bonds. The Morgan fingerprint density at radius 2 is 1.74 bits per heavy atom. The summed E-state index contributed by atoms with van der Waals surface area (Å²) in [6.45, 7) is 7.90. The number of amides is 2. The van der Waals surface area contributed by atoms with Crippen molar-refractivity contribution < 1.29 is 23.5 Å². The second-order valence-corrected chi connectivity index (χ2v) is 11.6. The number of fused-ring (bicyclic) bond motifs is 1. The number of ether oxygens (including phenoxy) is 2. The van der Waals surface area contributed by atoms with E-state index >= 15 is 0 Å². The van der Waals surface area contributed by atoms with E-state index < -0.39 is 17.5 Å². The molecule has 3 aromatic rings. The molecule has 0 atom stereocenters. The molecule has 2 saturated carbocycles. The Labute approximate surface area is 227 Å². The second-order valence-electron chi connectivity index (χ2n) is 11.6. The second kappa shape index (κ2) is 10.8. The van der Waals surface area contributed by atoms with Crippen molar-refractivity contribution in [1.82, 2.24) is 25.6 Å². The molecule has 208 valence electrons.